The van der Waals surface area contributed by atoms with Crippen LogP contribution in [0.4, 0.5) is 0 Å². The molecule has 1 heterocycles. The largest absolute Gasteiger partial charge is 0.373 e. The van der Waals surface area contributed by atoms with E-state index in [1.807, 2.05) is 6.92 Å². The lowest BCUT2D eigenvalue weighted by Gasteiger charge is -2.13. The summed E-state index contributed by atoms with van der Waals surface area (Å²) in [5.74, 6) is 0. The average Bonchev–Trinajstić information content (AvgIpc) is 2.40. The maximum Gasteiger partial charge on any atom is 0.346 e. The molecule has 0 amide bonds. The van der Waals surface area contributed by atoms with Gasteiger partial charge in [0.1, 0.15) is 0 Å². The summed E-state index contributed by atoms with van der Waals surface area (Å²) in [6.07, 6.45) is 0.226. The molecule has 5 heteroatoms. The molecule has 1 nitrogen and oxygen atoms in total. The van der Waals surface area contributed by atoms with Gasteiger partial charge >= 0.3 is 6.00 Å². The highest BCUT2D eigenvalue weighted by molar-refractivity contribution is 7.65. The first-order valence-electron chi connectivity index (χ1n) is 2.70. The first kappa shape index (κ1) is 8.15. The standard InChI is InChI=1S/C4H7Cl3OSi/c1-3(4-2-8-4)9(5,6)7/h3-4H,2H2,1H3. The van der Waals surface area contributed by atoms with Gasteiger partial charge in [0.05, 0.1) is 12.7 Å². The fourth-order valence-electron chi connectivity index (χ4n) is 0.555. The Kier molecular flexibility index (Phi) is 2.34. The van der Waals surface area contributed by atoms with Gasteiger partial charge in [0.15, 0.2) is 0 Å². The fourth-order valence-corrected chi connectivity index (χ4v) is 2.43. The predicted molar refractivity (Wildman–Crippen MR) is 42.5 cm³/mol. The number of ether oxygens (including phenoxy) is 1. The molecule has 1 aliphatic heterocycles. The first-order chi connectivity index (χ1) is 4.02. The molecule has 0 aromatic heterocycles. The van der Waals surface area contributed by atoms with Crippen molar-refractivity contribution in [3.05, 3.63) is 0 Å². The van der Waals surface area contributed by atoms with E-state index in [0.29, 0.717) is 0 Å². The van der Waals surface area contributed by atoms with Crippen molar-refractivity contribution in [1.29, 1.82) is 0 Å². The van der Waals surface area contributed by atoms with Crippen LogP contribution in [0.1, 0.15) is 6.92 Å². The van der Waals surface area contributed by atoms with Gasteiger partial charge in [-0.3, -0.25) is 0 Å². The van der Waals surface area contributed by atoms with Gasteiger partial charge in [0.2, 0.25) is 0 Å². The summed E-state index contributed by atoms with van der Waals surface area (Å²) in [7, 11) is 0. The summed E-state index contributed by atoms with van der Waals surface area (Å²) in [4.78, 5) is 0. The molecule has 0 radical (unpaired) electrons. The molecule has 2 atom stereocenters. The number of rotatable bonds is 2. The second-order valence-corrected chi connectivity index (χ2v) is 11.3. The van der Waals surface area contributed by atoms with E-state index in [0.717, 1.165) is 6.61 Å². The van der Waals surface area contributed by atoms with Crippen molar-refractivity contribution in [3.63, 3.8) is 0 Å². The zero-order valence-corrected chi connectivity index (χ0v) is 8.17. The van der Waals surface area contributed by atoms with Crippen LogP contribution in [-0.4, -0.2) is 18.7 Å². The molecule has 0 bridgehead atoms. The Morgan fingerprint density at radius 3 is 2.11 bits per heavy atom. The van der Waals surface area contributed by atoms with Crippen molar-refractivity contribution >= 4 is 39.2 Å². The molecule has 54 valence electrons. The summed E-state index contributed by atoms with van der Waals surface area (Å²) < 4.78 is 4.98. The maximum atomic E-state index is 5.71. The van der Waals surface area contributed by atoms with E-state index in [1.165, 1.54) is 0 Å². The highest BCUT2D eigenvalue weighted by Crippen LogP contribution is 2.40. The molecule has 0 saturated carbocycles. The lowest BCUT2D eigenvalue weighted by Crippen LogP contribution is -2.21. The minimum absolute atomic E-state index is 0.141. The SMILES string of the molecule is CC(C1CO1)[Si](Cl)(Cl)Cl. The van der Waals surface area contributed by atoms with Crippen molar-refractivity contribution < 1.29 is 4.74 Å². The topological polar surface area (TPSA) is 12.5 Å². The monoisotopic (exact) mass is 204 g/mol. The van der Waals surface area contributed by atoms with Gasteiger partial charge in [-0.15, -0.1) is 33.2 Å². The van der Waals surface area contributed by atoms with Crippen LogP contribution in [0.15, 0.2) is 0 Å². The Morgan fingerprint density at radius 2 is 2.00 bits per heavy atom. The van der Waals surface area contributed by atoms with Gasteiger partial charge in [0.25, 0.3) is 0 Å². The van der Waals surface area contributed by atoms with E-state index >= 15 is 0 Å². The molecule has 0 N–H and O–H groups in total. The third kappa shape index (κ3) is 2.28. The van der Waals surface area contributed by atoms with Gasteiger partial charge in [-0.25, -0.2) is 0 Å². The van der Waals surface area contributed by atoms with E-state index in [2.05, 4.69) is 0 Å². The molecule has 2 unspecified atom stereocenters. The Labute approximate surface area is 69.3 Å². The van der Waals surface area contributed by atoms with E-state index < -0.39 is 6.00 Å². The molecule has 1 saturated heterocycles. The highest BCUT2D eigenvalue weighted by atomic mass is 35.8. The van der Waals surface area contributed by atoms with Crippen molar-refractivity contribution in [2.45, 2.75) is 18.6 Å². The number of hydrogen-bond donors (Lipinski definition) is 0. The van der Waals surface area contributed by atoms with Gasteiger partial charge in [-0.05, 0) is 0 Å². The third-order valence-corrected chi connectivity index (χ3v) is 5.94. The van der Waals surface area contributed by atoms with Crippen LogP contribution in [0.3, 0.4) is 0 Å². The van der Waals surface area contributed by atoms with Crippen LogP contribution in [0.5, 0.6) is 0 Å². The molecule has 1 rings (SSSR count). The van der Waals surface area contributed by atoms with E-state index in [-0.39, 0.29) is 11.6 Å². The Hall–Kier alpha value is 1.05. The van der Waals surface area contributed by atoms with Crippen molar-refractivity contribution in [1.82, 2.24) is 0 Å². The molecule has 0 aromatic carbocycles. The van der Waals surface area contributed by atoms with E-state index in [4.69, 9.17) is 38.0 Å². The first-order valence-corrected chi connectivity index (χ1v) is 7.81. The summed E-state index contributed by atoms with van der Waals surface area (Å²) >= 11 is 17.1. The van der Waals surface area contributed by atoms with Crippen LogP contribution in [0.25, 0.3) is 0 Å². The fraction of sp³-hybridized carbons (Fsp3) is 1.00. The lowest BCUT2D eigenvalue weighted by molar-refractivity contribution is 0.402. The Morgan fingerprint density at radius 1 is 1.56 bits per heavy atom. The molecule has 1 fully saturated rings. The van der Waals surface area contributed by atoms with Crippen LogP contribution in [-0.2, 0) is 4.74 Å². The minimum atomic E-state index is -2.47. The Balaban J connectivity index is 2.40. The number of hydrogen-bond acceptors (Lipinski definition) is 1. The maximum absolute atomic E-state index is 5.71. The van der Waals surface area contributed by atoms with Crippen LogP contribution < -0.4 is 0 Å². The van der Waals surface area contributed by atoms with E-state index in [1.54, 1.807) is 0 Å². The quantitative estimate of drug-likeness (QED) is 0.383. The molecular weight excluding hydrogens is 198 g/mol. The van der Waals surface area contributed by atoms with Gasteiger partial charge in [0, 0.05) is 5.54 Å². The highest BCUT2D eigenvalue weighted by Gasteiger charge is 2.44. The number of epoxide rings is 1. The third-order valence-electron chi connectivity index (χ3n) is 1.43. The zero-order valence-electron chi connectivity index (χ0n) is 4.90. The van der Waals surface area contributed by atoms with Gasteiger partial charge < -0.3 is 4.74 Å². The van der Waals surface area contributed by atoms with Crippen LogP contribution in [0.2, 0.25) is 5.54 Å². The molecule has 1 aliphatic rings. The lowest BCUT2D eigenvalue weighted by atomic mass is 10.4. The van der Waals surface area contributed by atoms with Crippen LogP contribution >= 0.6 is 33.2 Å². The summed E-state index contributed by atoms with van der Waals surface area (Å²) in [5, 5.41) is 0. The zero-order chi connectivity index (χ0) is 7.07. The molecule has 0 spiro atoms. The molecular formula is C4H7Cl3OSi. The average molecular weight is 206 g/mol. The molecule has 9 heavy (non-hydrogen) atoms. The normalized spacial score (nSPS) is 30.0. The van der Waals surface area contributed by atoms with Gasteiger partial charge in [-0.1, -0.05) is 6.92 Å². The molecule has 0 aromatic rings. The van der Waals surface area contributed by atoms with Crippen molar-refractivity contribution in [2.24, 2.45) is 0 Å². The summed E-state index contributed by atoms with van der Waals surface area (Å²) in [6, 6.07) is -2.47. The smallest absolute Gasteiger partial charge is 0.346 e. The van der Waals surface area contributed by atoms with Crippen LogP contribution in [0, 0.1) is 0 Å². The molecule has 0 aliphatic carbocycles. The van der Waals surface area contributed by atoms with Gasteiger partial charge in [-0.2, -0.15) is 0 Å². The minimum Gasteiger partial charge on any atom is -0.373 e. The summed E-state index contributed by atoms with van der Waals surface area (Å²) in [6.45, 7) is 2.69. The Bertz CT molecular complexity index is 109. The predicted octanol–water partition coefficient (Wildman–Crippen LogP) is 2.43. The van der Waals surface area contributed by atoms with E-state index in [9.17, 15) is 0 Å². The second kappa shape index (κ2) is 2.59. The van der Waals surface area contributed by atoms with Crippen molar-refractivity contribution in [2.75, 3.05) is 6.61 Å². The summed E-state index contributed by atoms with van der Waals surface area (Å²) in [5.41, 5.74) is 0.141. The second-order valence-electron chi connectivity index (χ2n) is 2.20. The number of halogens is 3. The van der Waals surface area contributed by atoms with Crippen molar-refractivity contribution in [3.8, 4) is 0 Å².